The van der Waals surface area contributed by atoms with Gasteiger partial charge in [0.15, 0.2) is 0 Å². The molecule has 4 nitrogen and oxygen atoms in total. The van der Waals surface area contributed by atoms with Crippen LogP contribution in [-0.2, 0) is 4.79 Å². The molecule has 0 spiro atoms. The van der Waals surface area contributed by atoms with Gasteiger partial charge >= 0.3 is 11.9 Å². The van der Waals surface area contributed by atoms with E-state index in [4.69, 9.17) is 9.47 Å². The summed E-state index contributed by atoms with van der Waals surface area (Å²) >= 11 is 0. The zero-order chi connectivity index (χ0) is 14.7. The van der Waals surface area contributed by atoms with Crippen molar-refractivity contribution in [2.45, 2.75) is 12.8 Å². The van der Waals surface area contributed by atoms with Crippen LogP contribution in [0.25, 0.3) is 0 Å². The van der Waals surface area contributed by atoms with Crippen LogP contribution in [-0.4, -0.2) is 11.9 Å². The second kappa shape index (κ2) is 5.79. The Bertz CT molecular complexity index is 660. The maximum Gasteiger partial charge on any atom is 0.347 e. The molecule has 0 amide bonds. The molecule has 0 N–H and O–H groups in total. The van der Waals surface area contributed by atoms with Gasteiger partial charge in [-0.15, -0.1) is 0 Å². The summed E-state index contributed by atoms with van der Waals surface area (Å²) < 4.78 is 10.6. The average Bonchev–Trinajstić information content (AvgIpc) is 3.33. The number of hydrogen-bond donors (Lipinski definition) is 0. The lowest BCUT2D eigenvalue weighted by Crippen LogP contribution is -2.15. The summed E-state index contributed by atoms with van der Waals surface area (Å²) in [7, 11) is 0. The molecule has 1 aliphatic rings. The Labute approximate surface area is 122 Å². The lowest BCUT2D eigenvalue weighted by atomic mass is 10.2. The third kappa shape index (κ3) is 3.28. The largest absolute Gasteiger partial charge is 0.425 e. The number of benzene rings is 2. The SMILES string of the molecule is O=C(Oc1ccccc1)c1ccccc1OC(=O)C1CC1. The molecule has 2 aromatic carbocycles. The highest BCUT2D eigenvalue weighted by atomic mass is 16.6. The van der Waals surface area contributed by atoms with Crippen LogP contribution in [0.15, 0.2) is 54.6 Å². The first kappa shape index (κ1) is 13.4. The second-order valence-electron chi connectivity index (χ2n) is 4.89. The molecule has 1 fully saturated rings. The summed E-state index contributed by atoms with van der Waals surface area (Å²) in [5.74, 6) is -0.153. The third-order valence-electron chi connectivity index (χ3n) is 3.18. The molecule has 0 radical (unpaired) electrons. The minimum absolute atomic E-state index is 0.0248. The van der Waals surface area contributed by atoms with Gasteiger partial charge in [0.05, 0.1) is 5.92 Å². The Kier molecular flexibility index (Phi) is 3.69. The zero-order valence-electron chi connectivity index (χ0n) is 11.3. The van der Waals surface area contributed by atoms with Crippen LogP contribution in [0.2, 0.25) is 0 Å². The van der Waals surface area contributed by atoms with E-state index >= 15 is 0 Å². The van der Waals surface area contributed by atoms with Gasteiger partial charge in [0.1, 0.15) is 17.1 Å². The van der Waals surface area contributed by atoms with E-state index in [1.54, 1.807) is 48.5 Å². The van der Waals surface area contributed by atoms with E-state index in [2.05, 4.69) is 0 Å². The van der Waals surface area contributed by atoms with Crippen molar-refractivity contribution in [3.05, 3.63) is 60.2 Å². The molecule has 0 bridgehead atoms. The first-order valence-electron chi connectivity index (χ1n) is 6.82. The fraction of sp³-hybridized carbons (Fsp3) is 0.176. The summed E-state index contributed by atoms with van der Waals surface area (Å²) in [6, 6.07) is 15.4. The molecular formula is C17H14O4. The van der Waals surface area contributed by atoms with Crippen molar-refractivity contribution in [2.75, 3.05) is 0 Å². The van der Waals surface area contributed by atoms with Gasteiger partial charge in [0, 0.05) is 0 Å². The lowest BCUT2D eigenvalue weighted by Gasteiger charge is -2.09. The van der Waals surface area contributed by atoms with Crippen LogP contribution in [0.3, 0.4) is 0 Å². The van der Waals surface area contributed by atoms with Gasteiger partial charge in [-0.3, -0.25) is 4.79 Å². The molecule has 0 unspecified atom stereocenters. The van der Waals surface area contributed by atoms with E-state index in [-0.39, 0.29) is 23.2 Å². The molecule has 3 rings (SSSR count). The van der Waals surface area contributed by atoms with Gasteiger partial charge in [-0.05, 0) is 37.1 Å². The number of rotatable bonds is 4. The van der Waals surface area contributed by atoms with Crippen molar-refractivity contribution in [3.63, 3.8) is 0 Å². The van der Waals surface area contributed by atoms with Crippen molar-refractivity contribution >= 4 is 11.9 Å². The molecule has 0 atom stereocenters. The smallest absolute Gasteiger partial charge is 0.347 e. The molecule has 106 valence electrons. The minimum Gasteiger partial charge on any atom is -0.425 e. The first-order chi connectivity index (χ1) is 10.2. The zero-order valence-corrected chi connectivity index (χ0v) is 11.3. The quantitative estimate of drug-likeness (QED) is 0.638. The molecule has 0 heterocycles. The molecular weight excluding hydrogens is 268 g/mol. The summed E-state index contributed by atoms with van der Waals surface area (Å²) in [4.78, 5) is 23.9. The minimum atomic E-state index is -0.541. The highest BCUT2D eigenvalue weighted by Crippen LogP contribution is 2.31. The van der Waals surface area contributed by atoms with Crippen molar-refractivity contribution < 1.29 is 19.1 Å². The Hall–Kier alpha value is -2.62. The summed E-state index contributed by atoms with van der Waals surface area (Å²) in [5, 5.41) is 0. The standard InChI is InChI=1S/C17H14O4/c18-16(12-10-11-12)21-15-9-5-4-8-14(15)17(19)20-13-6-2-1-3-7-13/h1-9,12H,10-11H2. The fourth-order valence-electron chi connectivity index (χ4n) is 1.89. The van der Waals surface area contributed by atoms with Crippen LogP contribution < -0.4 is 9.47 Å². The Balaban J connectivity index is 1.77. The molecule has 1 aliphatic carbocycles. The molecule has 0 aliphatic heterocycles. The van der Waals surface area contributed by atoms with Crippen molar-refractivity contribution in [1.29, 1.82) is 0 Å². The topological polar surface area (TPSA) is 52.6 Å². The monoisotopic (exact) mass is 282 g/mol. The number of para-hydroxylation sites is 2. The number of carbonyl (C=O) groups excluding carboxylic acids is 2. The van der Waals surface area contributed by atoms with E-state index in [9.17, 15) is 9.59 Å². The fourth-order valence-corrected chi connectivity index (χ4v) is 1.89. The van der Waals surface area contributed by atoms with Crippen molar-refractivity contribution in [3.8, 4) is 11.5 Å². The molecule has 1 saturated carbocycles. The van der Waals surface area contributed by atoms with Gasteiger partial charge < -0.3 is 9.47 Å². The predicted octanol–water partition coefficient (Wildman–Crippen LogP) is 3.22. The molecule has 2 aromatic rings. The maximum absolute atomic E-state index is 12.2. The van der Waals surface area contributed by atoms with E-state index in [1.807, 2.05) is 6.07 Å². The summed E-state index contributed by atoms with van der Waals surface area (Å²) in [5.41, 5.74) is 0.246. The average molecular weight is 282 g/mol. The molecule has 4 heteroatoms. The highest BCUT2D eigenvalue weighted by Gasteiger charge is 2.32. The van der Waals surface area contributed by atoms with Crippen LogP contribution in [0.4, 0.5) is 0 Å². The number of esters is 2. The lowest BCUT2D eigenvalue weighted by molar-refractivity contribution is -0.135. The van der Waals surface area contributed by atoms with Gasteiger partial charge in [0.25, 0.3) is 0 Å². The van der Waals surface area contributed by atoms with E-state index < -0.39 is 5.97 Å². The van der Waals surface area contributed by atoms with E-state index in [1.165, 1.54) is 0 Å². The predicted molar refractivity (Wildman–Crippen MR) is 76.2 cm³/mol. The third-order valence-corrected chi connectivity index (χ3v) is 3.18. The van der Waals surface area contributed by atoms with Crippen LogP contribution in [0.5, 0.6) is 11.5 Å². The second-order valence-corrected chi connectivity index (χ2v) is 4.89. The Morgan fingerprint density at radius 1 is 0.857 bits per heavy atom. The van der Waals surface area contributed by atoms with Crippen LogP contribution >= 0.6 is 0 Å². The normalized spacial score (nSPS) is 13.5. The van der Waals surface area contributed by atoms with Gasteiger partial charge in [0.2, 0.25) is 0 Å². The molecule has 0 saturated heterocycles. The highest BCUT2D eigenvalue weighted by molar-refractivity contribution is 5.95. The number of carbonyl (C=O) groups is 2. The Morgan fingerprint density at radius 3 is 2.24 bits per heavy atom. The summed E-state index contributed by atoms with van der Waals surface area (Å²) in [6.07, 6.45) is 1.71. The van der Waals surface area contributed by atoms with Crippen LogP contribution in [0.1, 0.15) is 23.2 Å². The van der Waals surface area contributed by atoms with Gasteiger partial charge in [-0.25, -0.2) is 4.79 Å². The van der Waals surface area contributed by atoms with Crippen molar-refractivity contribution in [1.82, 2.24) is 0 Å². The van der Waals surface area contributed by atoms with Crippen molar-refractivity contribution in [2.24, 2.45) is 5.92 Å². The number of hydrogen-bond acceptors (Lipinski definition) is 4. The van der Waals surface area contributed by atoms with Gasteiger partial charge in [-0.1, -0.05) is 30.3 Å². The Morgan fingerprint density at radius 2 is 1.52 bits per heavy atom. The van der Waals surface area contributed by atoms with E-state index in [0.29, 0.717) is 5.75 Å². The molecule has 0 aromatic heterocycles. The molecule has 21 heavy (non-hydrogen) atoms. The first-order valence-corrected chi connectivity index (χ1v) is 6.82. The van der Waals surface area contributed by atoms with Crippen LogP contribution in [0, 0.1) is 5.92 Å². The maximum atomic E-state index is 12.2. The summed E-state index contributed by atoms with van der Waals surface area (Å²) in [6.45, 7) is 0. The van der Waals surface area contributed by atoms with Gasteiger partial charge in [-0.2, -0.15) is 0 Å². The van der Waals surface area contributed by atoms with E-state index in [0.717, 1.165) is 12.8 Å². The number of ether oxygens (including phenoxy) is 2.